The van der Waals surface area contributed by atoms with Crippen molar-refractivity contribution in [1.29, 1.82) is 0 Å². The lowest BCUT2D eigenvalue weighted by Gasteiger charge is -2.34. The Morgan fingerprint density at radius 3 is 2.31 bits per heavy atom. The summed E-state index contributed by atoms with van der Waals surface area (Å²) in [5.41, 5.74) is -0.0963. The van der Waals surface area contributed by atoms with E-state index in [9.17, 15) is 9.59 Å². The zero-order valence-corrected chi connectivity index (χ0v) is 9.66. The van der Waals surface area contributed by atoms with Crippen molar-refractivity contribution in [2.75, 3.05) is 0 Å². The van der Waals surface area contributed by atoms with Gasteiger partial charge in [0.1, 0.15) is 0 Å². The largest absolute Gasteiger partial charge is 0.481 e. The number of amides is 1. The summed E-state index contributed by atoms with van der Waals surface area (Å²) in [5, 5.41) is 11.8. The van der Waals surface area contributed by atoms with Crippen LogP contribution in [0.4, 0.5) is 0 Å². The molecule has 0 spiro atoms. The summed E-state index contributed by atoms with van der Waals surface area (Å²) < 4.78 is 0. The monoisotopic (exact) mass is 225 g/mol. The Bertz CT molecular complexity index is 307. The summed E-state index contributed by atoms with van der Waals surface area (Å²) in [6.45, 7) is 2.07. The fourth-order valence-electron chi connectivity index (χ4n) is 2.60. The minimum atomic E-state index is -0.839. The van der Waals surface area contributed by atoms with E-state index in [1.807, 2.05) is 0 Å². The first kappa shape index (κ1) is 11.4. The quantitative estimate of drug-likeness (QED) is 0.765. The lowest BCUT2D eigenvalue weighted by atomic mass is 9.83. The van der Waals surface area contributed by atoms with E-state index >= 15 is 0 Å². The predicted octanol–water partition coefficient (Wildman–Crippen LogP) is 1.55. The van der Waals surface area contributed by atoms with Crippen molar-refractivity contribution in [3.05, 3.63) is 0 Å². The summed E-state index contributed by atoms with van der Waals surface area (Å²) in [5.74, 6) is -1.62. The van der Waals surface area contributed by atoms with Gasteiger partial charge in [-0.15, -0.1) is 0 Å². The van der Waals surface area contributed by atoms with E-state index < -0.39 is 11.9 Å². The molecule has 2 atom stereocenters. The molecule has 90 valence electrons. The maximum atomic E-state index is 11.8. The SMILES string of the molecule is CC1(NC(=O)C2CC2C(=O)O)CCCCC1. The molecule has 1 amide bonds. The third kappa shape index (κ3) is 2.36. The summed E-state index contributed by atoms with van der Waals surface area (Å²) >= 11 is 0. The Morgan fingerprint density at radius 1 is 1.19 bits per heavy atom. The summed E-state index contributed by atoms with van der Waals surface area (Å²) in [7, 11) is 0. The molecule has 0 aliphatic heterocycles. The summed E-state index contributed by atoms with van der Waals surface area (Å²) in [6, 6.07) is 0. The fourth-order valence-corrected chi connectivity index (χ4v) is 2.60. The number of rotatable bonds is 3. The number of carbonyl (C=O) groups is 2. The van der Waals surface area contributed by atoms with E-state index in [1.54, 1.807) is 0 Å². The molecule has 2 N–H and O–H groups in total. The van der Waals surface area contributed by atoms with E-state index in [2.05, 4.69) is 12.2 Å². The Labute approximate surface area is 95.4 Å². The van der Waals surface area contributed by atoms with Crippen molar-refractivity contribution < 1.29 is 14.7 Å². The van der Waals surface area contributed by atoms with Crippen LogP contribution in [-0.4, -0.2) is 22.5 Å². The van der Waals surface area contributed by atoms with Crippen LogP contribution in [0.3, 0.4) is 0 Å². The molecule has 16 heavy (non-hydrogen) atoms. The molecule has 0 radical (unpaired) electrons. The number of carbonyl (C=O) groups excluding carboxylic acids is 1. The molecular weight excluding hydrogens is 206 g/mol. The van der Waals surface area contributed by atoms with Crippen LogP contribution in [-0.2, 0) is 9.59 Å². The van der Waals surface area contributed by atoms with Gasteiger partial charge in [-0.2, -0.15) is 0 Å². The second kappa shape index (κ2) is 4.07. The minimum Gasteiger partial charge on any atom is -0.481 e. The van der Waals surface area contributed by atoms with Crippen molar-refractivity contribution in [3.8, 4) is 0 Å². The second-order valence-corrected chi connectivity index (χ2v) is 5.40. The summed E-state index contributed by atoms with van der Waals surface area (Å²) in [6.07, 6.45) is 6.10. The highest BCUT2D eigenvalue weighted by Gasteiger charge is 2.49. The first-order chi connectivity index (χ1) is 7.52. The lowest BCUT2D eigenvalue weighted by Crippen LogP contribution is -2.48. The van der Waals surface area contributed by atoms with Crippen molar-refractivity contribution in [2.45, 2.75) is 51.0 Å². The molecule has 2 aliphatic carbocycles. The van der Waals surface area contributed by atoms with Gasteiger partial charge in [0, 0.05) is 5.54 Å². The number of carboxylic acid groups (broad SMARTS) is 1. The fraction of sp³-hybridized carbons (Fsp3) is 0.833. The number of carboxylic acids is 1. The van der Waals surface area contributed by atoms with Gasteiger partial charge in [0.25, 0.3) is 0 Å². The maximum Gasteiger partial charge on any atom is 0.307 e. The Hall–Kier alpha value is -1.06. The molecule has 0 heterocycles. The standard InChI is InChI=1S/C12H19NO3/c1-12(5-3-2-4-6-12)13-10(14)8-7-9(8)11(15)16/h8-9H,2-7H2,1H3,(H,13,14)(H,15,16). The highest BCUT2D eigenvalue weighted by Crippen LogP contribution is 2.39. The Balaban J connectivity index is 1.85. The van der Waals surface area contributed by atoms with E-state index in [0.29, 0.717) is 6.42 Å². The molecule has 2 aliphatic rings. The first-order valence-corrected chi connectivity index (χ1v) is 6.07. The number of hydrogen-bond acceptors (Lipinski definition) is 2. The van der Waals surface area contributed by atoms with Crippen LogP contribution in [0.2, 0.25) is 0 Å². The van der Waals surface area contributed by atoms with Gasteiger partial charge in [-0.25, -0.2) is 0 Å². The van der Waals surface area contributed by atoms with Crippen LogP contribution in [0.15, 0.2) is 0 Å². The predicted molar refractivity (Wildman–Crippen MR) is 58.9 cm³/mol. The molecule has 2 fully saturated rings. The van der Waals surface area contributed by atoms with Gasteiger partial charge < -0.3 is 10.4 Å². The van der Waals surface area contributed by atoms with E-state index in [-0.39, 0.29) is 17.4 Å². The molecule has 2 saturated carbocycles. The van der Waals surface area contributed by atoms with E-state index in [1.165, 1.54) is 6.42 Å². The van der Waals surface area contributed by atoms with Gasteiger partial charge in [0.2, 0.25) is 5.91 Å². The van der Waals surface area contributed by atoms with Gasteiger partial charge in [-0.05, 0) is 26.2 Å². The molecule has 2 rings (SSSR count). The van der Waals surface area contributed by atoms with Crippen LogP contribution in [0.25, 0.3) is 0 Å². The van der Waals surface area contributed by atoms with Crippen LogP contribution < -0.4 is 5.32 Å². The first-order valence-electron chi connectivity index (χ1n) is 6.07. The molecular formula is C12H19NO3. The number of nitrogens with one attached hydrogen (secondary N) is 1. The zero-order chi connectivity index (χ0) is 11.8. The van der Waals surface area contributed by atoms with E-state index in [0.717, 1.165) is 25.7 Å². The normalized spacial score (nSPS) is 31.8. The number of aliphatic carboxylic acids is 1. The van der Waals surface area contributed by atoms with Crippen molar-refractivity contribution in [1.82, 2.24) is 5.32 Å². The van der Waals surface area contributed by atoms with Crippen LogP contribution in [0, 0.1) is 11.8 Å². The van der Waals surface area contributed by atoms with Crippen LogP contribution >= 0.6 is 0 Å². The van der Waals surface area contributed by atoms with E-state index in [4.69, 9.17) is 5.11 Å². The molecule has 0 aromatic heterocycles. The van der Waals surface area contributed by atoms with Crippen molar-refractivity contribution in [3.63, 3.8) is 0 Å². The van der Waals surface area contributed by atoms with Crippen LogP contribution in [0.1, 0.15) is 45.4 Å². The average Bonchev–Trinajstić information content (AvgIpc) is 2.97. The van der Waals surface area contributed by atoms with Gasteiger partial charge in [-0.1, -0.05) is 19.3 Å². The highest BCUT2D eigenvalue weighted by atomic mass is 16.4. The molecule has 4 nitrogen and oxygen atoms in total. The molecule has 0 aromatic rings. The third-order valence-electron chi connectivity index (χ3n) is 3.83. The second-order valence-electron chi connectivity index (χ2n) is 5.40. The molecule has 0 saturated heterocycles. The van der Waals surface area contributed by atoms with Gasteiger partial charge in [0.15, 0.2) is 0 Å². The molecule has 2 unspecified atom stereocenters. The topological polar surface area (TPSA) is 66.4 Å². The van der Waals surface area contributed by atoms with Gasteiger partial charge in [0.05, 0.1) is 11.8 Å². The summed E-state index contributed by atoms with van der Waals surface area (Å²) in [4.78, 5) is 22.5. The third-order valence-corrected chi connectivity index (χ3v) is 3.83. The smallest absolute Gasteiger partial charge is 0.307 e. The average molecular weight is 225 g/mol. The zero-order valence-electron chi connectivity index (χ0n) is 9.66. The van der Waals surface area contributed by atoms with Crippen molar-refractivity contribution >= 4 is 11.9 Å². The van der Waals surface area contributed by atoms with Gasteiger partial charge in [-0.3, -0.25) is 9.59 Å². The highest BCUT2D eigenvalue weighted by molar-refractivity contribution is 5.89. The molecule has 0 bridgehead atoms. The molecule has 4 heteroatoms. The van der Waals surface area contributed by atoms with Crippen molar-refractivity contribution in [2.24, 2.45) is 11.8 Å². The molecule has 0 aromatic carbocycles. The van der Waals surface area contributed by atoms with Crippen LogP contribution in [0.5, 0.6) is 0 Å². The lowest BCUT2D eigenvalue weighted by molar-refractivity contribution is -0.140. The number of hydrogen-bond donors (Lipinski definition) is 2. The maximum absolute atomic E-state index is 11.8. The Kier molecular flexibility index (Phi) is 2.91. The minimum absolute atomic E-state index is 0.0585. The Morgan fingerprint density at radius 2 is 1.81 bits per heavy atom. The van der Waals surface area contributed by atoms with Gasteiger partial charge >= 0.3 is 5.97 Å².